The van der Waals surface area contributed by atoms with Gasteiger partial charge in [0, 0.05) is 24.7 Å². The number of halogens is 1. The zero-order valence-corrected chi connectivity index (χ0v) is 11.8. The molecule has 6 heteroatoms. The molecular formula is C15H19FN2O3. The fraction of sp³-hybridized carbons (Fsp3) is 0.533. The average Bonchev–Trinajstić information content (AvgIpc) is 3.02. The molecule has 0 radical (unpaired) electrons. The van der Waals surface area contributed by atoms with Gasteiger partial charge in [0.05, 0.1) is 13.2 Å². The molecule has 2 saturated heterocycles. The highest BCUT2D eigenvalue weighted by atomic mass is 19.1. The van der Waals surface area contributed by atoms with Crippen LogP contribution in [0.2, 0.25) is 0 Å². The Morgan fingerprint density at radius 3 is 2.90 bits per heavy atom. The predicted molar refractivity (Wildman–Crippen MR) is 75.4 cm³/mol. The Morgan fingerprint density at radius 1 is 1.33 bits per heavy atom. The molecule has 1 unspecified atom stereocenters. The Kier molecular flexibility index (Phi) is 4.36. The maximum absolute atomic E-state index is 13.1. The number of carbonyl (C=O) groups excluding carboxylic acids is 1. The van der Waals surface area contributed by atoms with Gasteiger partial charge in [-0.1, -0.05) is 6.07 Å². The molecule has 1 N–H and O–H groups in total. The highest BCUT2D eigenvalue weighted by Crippen LogP contribution is 2.25. The molecule has 3 rings (SSSR count). The molecule has 0 aliphatic carbocycles. The Balaban J connectivity index is 1.59. The molecule has 0 spiro atoms. The Morgan fingerprint density at radius 2 is 2.14 bits per heavy atom. The van der Waals surface area contributed by atoms with Crippen molar-refractivity contribution < 1.29 is 18.7 Å². The molecule has 2 heterocycles. The van der Waals surface area contributed by atoms with Crippen LogP contribution in [0.4, 0.5) is 14.9 Å². The molecule has 2 aliphatic heterocycles. The van der Waals surface area contributed by atoms with E-state index in [0.29, 0.717) is 32.0 Å². The minimum absolute atomic E-state index is 0.199. The van der Waals surface area contributed by atoms with Crippen LogP contribution in [0.3, 0.4) is 0 Å². The van der Waals surface area contributed by atoms with E-state index >= 15 is 0 Å². The first-order chi connectivity index (χ1) is 10.2. The van der Waals surface area contributed by atoms with Crippen LogP contribution >= 0.6 is 0 Å². The smallest absolute Gasteiger partial charge is 0.321 e. The zero-order valence-electron chi connectivity index (χ0n) is 11.8. The summed E-state index contributed by atoms with van der Waals surface area (Å²) in [6, 6.07) is 5.70. The third-order valence-corrected chi connectivity index (χ3v) is 3.85. The lowest BCUT2D eigenvalue weighted by atomic mass is 9.98. The first-order valence-electron chi connectivity index (χ1n) is 7.27. The SMILES string of the molecule is O=C(Nc1cccc(F)c1)N1CCCC(C2OCCO2)C1. The van der Waals surface area contributed by atoms with Crippen LogP contribution in [0.5, 0.6) is 0 Å². The molecule has 1 aromatic carbocycles. The van der Waals surface area contributed by atoms with E-state index in [9.17, 15) is 9.18 Å². The molecular weight excluding hydrogens is 275 g/mol. The van der Waals surface area contributed by atoms with Gasteiger partial charge in [-0.15, -0.1) is 0 Å². The zero-order chi connectivity index (χ0) is 14.7. The molecule has 5 nitrogen and oxygen atoms in total. The highest BCUT2D eigenvalue weighted by molar-refractivity contribution is 5.89. The van der Waals surface area contributed by atoms with Crippen molar-refractivity contribution in [2.75, 3.05) is 31.6 Å². The van der Waals surface area contributed by atoms with Crippen molar-refractivity contribution in [2.24, 2.45) is 5.92 Å². The summed E-state index contributed by atoms with van der Waals surface area (Å²) in [4.78, 5) is 14.0. The second-order valence-electron chi connectivity index (χ2n) is 5.40. The largest absolute Gasteiger partial charge is 0.350 e. The number of ether oxygens (including phenoxy) is 2. The summed E-state index contributed by atoms with van der Waals surface area (Å²) < 4.78 is 24.2. The van der Waals surface area contributed by atoms with Gasteiger partial charge in [-0.05, 0) is 31.0 Å². The van der Waals surface area contributed by atoms with Gasteiger partial charge in [0.1, 0.15) is 5.82 Å². The van der Waals surface area contributed by atoms with Crippen LogP contribution < -0.4 is 5.32 Å². The van der Waals surface area contributed by atoms with Crippen molar-refractivity contribution in [3.05, 3.63) is 30.1 Å². The first kappa shape index (κ1) is 14.3. The quantitative estimate of drug-likeness (QED) is 0.911. The summed E-state index contributed by atoms with van der Waals surface area (Å²) >= 11 is 0. The van der Waals surface area contributed by atoms with Crippen LogP contribution in [0.15, 0.2) is 24.3 Å². The number of anilines is 1. The third kappa shape index (κ3) is 3.51. The molecule has 0 bridgehead atoms. The van der Waals surface area contributed by atoms with Crippen LogP contribution in [0.25, 0.3) is 0 Å². The van der Waals surface area contributed by atoms with Crippen LogP contribution in [0.1, 0.15) is 12.8 Å². The average molecular weight is 294 g/mol. The molecule has 1 aromatic rings. The second-order valence-corrected chi connectivity index (χ2v) is 5.40. The predicted octanol–water partition coefficient (Wildman–Crippen LogP) is 2.44. The number of likely N-dealkylation sites (tertiary alicyclic amines) is 1. The second kappa shape index (κ2) is 6.41. The minimum atomic E-state index is -0.364. The van der Waals surface area contributed by atoms with Gasteiger partial charge in [0.25, 0.3) is 0 Å². The van der Waals surface area contributed by atoms with Crippen molar-refractivity contribution >= 4 is 11.7 Å². The molecule has 2 aliphatic rings. The summed E-state index contributed by atoms with van der Waals surface area (Å²) in [6.07, 6.45) is 1.72. The summed E-state index contributed by atoms with van der Waals surface area (Å²) in [5.41, 5.74) is 0.468. The number of hydrogen-bond donors (Lipinski definition) is 1. The molecule has 21 heavy (non-hydrogen) atoms. The number of amides is 2. The van der Waals surface area contributed by atoms with E-state index in [2.05, 4.69) is 5.32 Å². The number of hydrogen-bond acceptors (Lipinski definition) is 3. The molecule has 2 fully saturated rings. The summed E-state index contributed by atoms with van der Waals surface area (Å²) in [7, 11) is 0. The van der Waals surface area contributed by atoms with Gasteiger partial charge >= 0.3 is 6.03 Å². The number of piperidine rings is 1. The topological polar surface area (TPSA) is 50.8 Å². The summed E-state index contributed by atoms with van der Waals surface area (Å²) in [6.45, 7) is 2.55. The van der Waals surface area contributed by atoms with E-state index < -0.39 is 0 Å². The number of urea groups is 1. The molecule has 0 aromatic heterocycles. The Bertz CT molecular complexity index is 505. The van der Waals surface area contributed by atoms with E-state index in [0.717, 1.165) is 12.8 Å². The van der Waals surface area contributed by atoms with Crippen LogP contribution in [0, 0.1) is 11.7 Å². The van der Waals surface area contributed by atoms with E-state index in [-0.39, 0.29) is 24.1 Å². The van der Waals surface area contributed by atoms with E-state index in [1.807, 2.05) is 0 Å². The molecule has 1 atom stereocenters. The molecule has 2 amide bonds. The standard InChI is InChI=1S/C15H19FN2O3/c16-12-4-1-5-13(9-12)17-15(19)18-6-2-3-11(10-18)14-20-7-8-21-14/h1,4-5,9,11,14H,2-3,6-8,10H2,(H,17,19). The van der Waals surface area contributed by atoms with E-state index in [4.69, 9.17) is 9.47 Å². The highest BCUT2D eigenvalue weighted by Gasteiger charge is 2.32. The summed E-state index contributed by atoms with van der Waals surface area (Å²) in [5, 5.41) is 2.73. The number of nitrogens with zero attached hydrogens (tertiary/aromatic N) is 1. The normalized spacial score (nSPS) is 23.3. The number of benzene rings is 1. The van der Waals surface area contributed by atoms with Gasteiger partial charge in [-0.25, -0.2) is 9.18 Å². The number of nitrogens with one attached hydrogen (secondary N) is 1. The van der Waals surface area contributed by atoms with Crippen molar-refractivity contribution in [1.82, 2.24) is 4.90 Å². The lowest BCUT2D eigenvalue weighted by Gasteiger charge is -2.34. The van der Waals surface area contributed by atoms with Gasteiger partial charge in [0.15, 0.2) is 6.29 Å². The van der Waals surface area contributed by atoms with Crippen molar-refractivity contribution in [3.8, 4) is 0 Å². The minimum Gasteiger partial charge on any atom is -0.350 e. The van der Waals surface area contributed by atoms with Gasteiger partial charge in [-0.3, -0.25) is 0 Å². The number of carbonyl (C=O) groups is 1. The lowest BCUT2D eigenvalue weighted by Crippen LogP contribution is -2.45. The maximum atomic E-state index is 13.1. The van der Waals surface area contributed by atoms with E-state index in [1.54, 1.807) is 17.0 Å². The molecule has 114 valence electrons. The number of rotatable bonds is 2. The Labute approximate surface area is 123 Å². The first-order valence-corrected chi connectivity index (χ1v) is 7.27. The fourth-order valence-corrected chi connectivity index (χ4v) is 2.83. The monoisotopic (exact) mass is 294 g/mol. The van der Waals surface area contributed by atoms with Crippen molar-refractivity contribution in [3.63, 3.8) is 0 Å². The van der Waals surface area contributed by atoms with Crippen LogP contribution in [-0.2, 0) is 9.47 Å². The summed E-state index contributed by atoms with van der Waals surface area (Å²) in [5.74, 6) is -0.156. The van der Waals surface area contributed by atoms with Gasteiger partial charge < -0.3 is 19.7 Å². The fourth-order valence-electron chi connectivity index (χ4n) is 2.83. The van der Waals surface area contributed by atoms with Crippen molar-refractivity contribution in [1.29, 1.82) is 0 Å². The van der Waals surface area contributed by atoms with Gasteiger partial charge in [0.2, 0.25) is 0 Å². The van der Waals surface area contributed by atoms with Crippen molar-refractivity contribution in [2.45, 2.75) is 19.1 Å². The Hall–Kier alpha value is -1.66. The third-order valence-electron chi connectivity index (χ3n) is 3.85. The lowest BCUT2D eigenvalue weighted by molar-refractivity contribution is -0.0959. The van der Waals surface area contributed by atoms with Crippen LogP contribution in [-0.4, -0.2) is 43.5 Å². The molecule has 0 saturated carbocycles. The van der Waals surface area contributed by atoms with E-state index in [1.165, 1.54) is 12.1 Å². The maximum Gasteiger partial charge on any atom is 0.321 e. The van der Waals surface area contributed by atoms with Gasteiger partial charge in [-0.2, -0.15) is 0 Å².